The predicted octanol–water partition coefficient (Wildman–Crippen LogP) is 4.81. The first-order valence-electron chi connectivity index (χ1n) is 9.00. The number of likely N-dealkylation sites (tertiary alicyclic amines) is 1. The highest BCUT2D eigenvalue weighted by Crippen LogP contribution is 2.38. The maximum atomic E-state index is 12.7. The fraction of sp³-hybridized carbons (Fsp3) is 0.350. The highest BCUT2D eigenvalue weighted by Gasteiger charge is 2.29. The van der Waals surface area contributed by atoms with Gasteiger partial charge in [-0.15, -0.1) is 0 Å². The molecule has 0 radical (unpaired) electrons. The zero-order chi connectivity index (χ0) is 18.8. The van der Waals surface area contributed by atoms with Crippen molar-refractivity contribution in [3.05, 3.63) is 57.6 Å². The Labute approximate surface area is 168 Å². The van der Waals surface area contributed by atoms with Gasteiger partial charge >= 0.3 is 6.03 Å². The first kappa shape index (κ1) is 18.3. The lowest BCUT2D eigenvalue weighted by Gasteiger charge is -2.26. The molecule has 2 aliphatic rings. The summed E-state index contributed by atoms with van der Waals surface area (Å²) in [7, 11) is 0. The van der Waals surface area contributed by atoms with E-state index < -0.39 is 0 Å². The molecule has 27 heavy (non-hydrogen) atoms. The zero-order valence-corrected chi connectivity index (χ0v) is 16.2. The van der Waals surface area contributed by atoms with Crippen LogP contribution in [0.3, 0.4) is 0 Å². The van der Waals surface area contributed by atoms with E-state index in [1.807, 2.05) is 35.2 Å². The molecule has 5 nitrogen and oxygen atoms in total. The van der Waals surface area contributed by atoms with Gasteiger partial charge in [-0.1, -0.05) is 35.3 Å². The number of nitrogens with zero attached hydrogens (tertiary/aromatic N) is 1. The van der Waals surface area contributed by atoms with Gasteiger partial charge in [-0.3, -0.25) is 0 Å². The Hall–Kier alpha value is -2.11. The van der Waals surface area contributed by atoms with E-state index in [0.717, 1.165) is 30.5 Å². The minimum Gasteiger partial charge on any atom is -0.486 e. The second kappa shape index (κ2) is 7.87. The van der Waals surface area contributed by atoms with Crippen molar-refractivity contribution < 1.29 is 14.3 Å². The minimum absolute atomic E-state index is 0.0751. The molecule has 0 aromatic heterocycles. The fourth-order valence-electron chi connectivity index (χ4n) is 3.59. The molecule has 0 saturated carbocycles. The monoisotopic (exact) mass is 406 g/mol. The fourth-order valence-corrected chi connectivity index (χ4v) is 4.00. The Balaban J connectivity index is 1.43. The maximum absolute atomic E-state index is 12.7. The molecule has 2 aromatic rings. The highest BCUT2D eigenvalue weighted by molar-refractivity contribution is 6.32. The molecular formula is C20H20Cl2N2O3. The van der Waals surface area contributed by atoms with E-state index in [0.29, 0.717) is 41.3 Å². The largest absolute Gasteiger partial charge is 0.486 e. The average molecular weight is 407 g/mol. The summed E-state index contributed by atoms with van der Waals surface area (Å²) in [5.74, 6) is 1.19. The van der Waals surface area contributed by atoms with Crippen LogP contribution in [0.1, 0.15) is 30.0 Å². The van der Waals surface area contributed by atoms with Gasteiger partial charge in [0.2, 0.25) is 0 Å². The van der Waals surface area contributed by atoms with E-state index in [1.165, 1.54) is 0 Å². The zero-order valence-electron chi connectivity index (χ0n) is 14.7. The predicted molar refractivity (Wildman–Crippen MR) is 105 cm³/mol. The second-order valence-electron chi connectivity index (χ2n) is 6.66. The lowest BCUT2D eigenvalue weighted by atomic mass is 10.1. The Morgan fingerprint density at radius 3 is 2.74 bits per heavy atom. The van der Waals surface area contributed by atoms with Gasteiger partial charge in [0.25, 0.3) is 0 Å². The van der Waals surface area contributed by atoms with Crippen molar-refractivity contribution in [1.82, 2.24) is 10.2 Å². The molecule has 2 heterocycles. The van der Waals surface area contributed by atoms with Gasteiger partial charge in [0, 0.05) is 18.1 Å². The molecule has 2 aliphatic heterocycles. The summed E-state index contributed by atoms with van der Waals surface area (Å²) < 4.78 is 11.1. The lowest BCUT2D eigenvalue weighted by Crippen LogP contribution is -2.39. The molecular weight excluding hydrogens is 387 g/mol. The van der Waals surface area contributed by atoms with Crippen molar-refractivity contribution in [3.8, 4) is 11.5 Å². The Morgan fingerprint density at radius 2 is 1.93 bits per heavy atom. The molecule has 0 aliphatic carbocycles. The Kier molecular flexibility index (Phi) is 5.32. The molecule has 7 heteroatoms. The number of hydrogen-bond donors (Lipinski definition) is 1. The van der Waals surface area contributed by atoms with Crippen molar-refractivity contribution in [3.63, 3.8) is 0 Å². The van der Waals surface area contributed by atoms with Crippen molar-refractivity contribution >= 4 is 29.2 Å². The molecule has 1 saturated heterocycles. The summed E-state index contributed by atoms with van der Waals surface area (Å²) in [6, 6.07) is 11.4. The van der Waals surface area contributed by atoms with Crippen LogP contribution >= 0.6 is 23.2 Å². The van der Waals surface area contributed by atoms with Crippen LogP contribution in [0.15, 0.2) is 36.4 Å². The molecule has 4 rings (SSSR count). The number of urea groups is 1. The summed E-state index contributed by atoms with van der Waals surface area (Å²) in [4.78, 5) is 14.6. The average Bonchev–Trinajstić information content (AvgIpc) is 3.17. The normalized spacial score (nSPS) is 18.4. The Morgan fingerprint density at radius 1 is 1.15 bits per heavy atom. The van der Waals surface area contributed by atoms with Crippen LogP contribution in [-0.2, 0) is 6.54 Å². The van der Waals surface area contributed by atoms with E-state index in [1.54, 1.807) is 6.07 Å². The van der Waals surface area contributed by atoms with Crippen molar-refractivity contribution in [2.45, 2.75) is 25.4 Å². The highest BCUT2D eigenvalue weighted by atomic mass is 35.5. The molecule has 2 aromatic carbocycles. The standard InChI is InChI=1S/C20H20Cl2N2O3/c21-15-5-3-14(4-6-15)17-2-1-7-24(17)20(25)23-12-13-10-16(22)19-18(11-13)26-8-9-27-19/h3-6,10-11,17H,1-2,7-9,12H2,(H,23,25). The van der Waals surface area contributed by atoms with E-state index in [4.69, 9.17) is 32.7 Å². The number of benzene rings is 2. The number of hydrogen-bond acceptors (Lipinski definition) is 3. The van der Waals surface area contributed by atoms with E-state index >= 15 is 0 Å². The van der Waals surface area contributed by atoms with Gasteiger partial charge < -0.3 is 19.7 Å². The third kappa shape index (κ3) is 3.94. The number of halogens is 2. The molecule has 1 N–H and O–H groups in total. The first-order chi connectivity index (χ1) is 13.1. The van der Waals surface area contributed by atoms with Crippen molar-refractivity contribution in [2.24, 2.45) is 0 Å². The van der Waals surface area contributed by atoms with Gasteiger partial charge in [0.05, 0.1) is 11.1 Å². The SMILES string of the molecule is O=C(NCc1cc(Cl)c2c(c1)OCCO2)N1CCCC1c1ccc(Cl)cc1. The molecule has 1 unspecified atom stereocenters. The molecule has 0 spiro atoms. The first-order valence-corrected chi connectivity index (χ1v) is 9.75. The van der Waals surface area contributed by atoms with Gasteiger partial charge in [0.15, 0.2) is 11.5 Å². The van der Waals surface area contributed by atoms with Crippen molar-refractivity contribution in [1.29, 1.82) is 0 Å². The molecule has 0 bridgehead atoms. The molecule has 142 valence electrons. The smallest absolute Gasteiger partial charge is 0.318 e. The maximum Gasteiger partial charge on any atom is 0.318 e. The van der Waals surface area contributed by atoms with Crippen LogP contribution in [0.25, 0.3) is 0 Å². The molecule has 1 fully saturated rings. The van der Waals surface area contributed by atoms with Crippen LogP contribution in [0.2, 0.25) is 10.0 Å². The van der Waals surface area contributed by atoms with Crippen LogP contribution in [0.5, 0.6) is 11.5 Å². The summed E-state index contributed by atoms with van der Waals surface area (Å²) in [6.07, 6.45) is 1.93. The summed E-state index contributed by atoms with van der Waals surface area (Å²) in [6.45, 7) is 2.10. The summed E-state index contributed by atoms with van der Waals surface area (Å²) in [5.41, 5.74) is 1.98. The van der Waals surface area contributed by atoms with E-state index in [9.17, 15) is 4.79 Å². The summed E-state index contributed by atoms with van der Waals surface area (Å²) >= 11 is 12.2. The van der Waals surface area contributed by atoms with Crippen LogP contribution in [0, 0.1) is 0 Å². The van der Waals surface area contributed by atoms with Crippen LogP contribution in [-0.4, -0.2) is 30.7 Å². The van der Waals surface area contributed by atoms with Gasteiger partial charge in [0.1, 0.15) is 13.2 Å². The Bertz CT molecular complexity index is 842. The molecule has 1 atom stereocenters. The second-order valence-corrected chi connectivity index (χ2v) is 7.51. The van der Waals surface area contributed by atoms with E-state index in [2.05, 4.69) is 5.32 Å². The third-order valence-electron chi connectivity index (χ3n) is 4.87. The number of nitrogens with one attached hydrogen (secondary N) is 1. The third-order valence-corrected chi connectivity index (χ3v) is 5.40. The topological polar surface area (TPSA) is 50.8 Å². The molecule has 2 amide bonds. The summed E-state index contributed by atoms with van der Waals surface area (Å²) in [5, 5.41) is 4.19. The number of amides is 2. The van der Waals surface area contributed by atoms with Crippen molar-refractivity contribution in [2.75, 3.05) is 19.8 Å². The quantitative estimate of drug-likeness (QED) is 0.795. The van der Waals surface area contributed by atoms with Gasteiger partial charge in [-0.2, -0.15) is 0 Å². The number of carbonyl (C=O) groups is 1. The number of carbonyl (C=O) groups excluding carboxylic acids is 1. The number of rotatable bonds is 3. The number of ether oxygens (including phenoxy) is 2. The van der Waals surface area contributed by atoms with Crippen LogP contribution in [0.4, 0.5) is 4.79 Å². The number of fused-ring (bicyclic) bond motifs is 1. The lowest BCUT2D eigenvalue weighted by molar-refractivity contribution is 0.171. The van der Waals surface area contributed by atoms with Gasteiger partial charge in [-0.25, -0.2) is 4.79 Å². The van der Waals surface area contributed by atoms with E-state index in [-0.39, 0.29) is 12.1 Å². The minimum atomic E-state index is -0.0848. The van der Waals surface area contributed by atoms with Gasteiger partial charge in [-0.05, 0) is 48.2 Å². The van der Waals surface area contributed by atoms with Crippen LogP contribution < -0.4 is 14.8 Å².